The van der Waals surface area contributed by atoms with E-state index in [0.717, 1.165) is 75.7 Å². The van der Waals surface area contributed by atoms with E-state index in [-0.39, 0.29) is 24.3 Å². The fraction of sp³-hybridized carbons (Fsp3) is 0.615. The number of piperidine rings is 3. The predicted octanol–water partition coefficient (Wildman–Crippen LogP) is 5.64. The fourth-order valence-electron chi connectivity index (χ4n) is 7.50. The average Bonchev–Trinajstić information content (AvgIpc) is 3.12. The molecule has 3 aliphatic heterocycles. The molecule has 2 N–H and O–H groups in total. The zero-order valence-corrected chi connectivity index (χ0v) is 29.3. The Morgan fingerprint density at radius 1 is 0.787 bits per heavy atom. The van der Waals surface area contributed by atoms with Crippen molar-refractivity contribution in [2.75, 3.05) is 51.5 Å². The number of nitrogens with two attached hydrogens (primary N) is 1. The van der Waals surface area contributed by atoms with Gasteiger partial charge in [-0.25, -0.2) is 0 Å². The van der Waals surface area contributed by atoms with Gasteiger partial charge >= 0.3 is 0 Å². The molecule has 0 unspecified atom stereocenters. The molecule has 3 amide bonds. The van der Waals surface area contributed by atoms with Crippen LogP contribution in [0.3, 0.4) is 0 Å². The summed E-state index contributed by atoms with van der Waals surface area (Å²) in [4.78, 5) is 45.6. The maximum absolute atomic E-state index is 12.8. The molecule has 8 heteroatoms. The molecule has 3 heterocycles. The molecule has 0 aliphatic carbocycles. The van der Waals surface area contributed by atoms with Crippen molar-refractivity contribution < 1.29 is 14.4 Å². The van der Waals surface area contributed by atoms with Crippen LogP contribution in [-0.2, 0) is 33.6 Å². The van der Waals surface area contributed by atoms with E-state index in [1.54, 1.807) is 0 Å². The van der Waals surface area contributed by atoms with E-state index in [1.807, 2.05) is 39.0 Å². The highest BCUT2D eigenvalue weighted by Crippen LogP contribution is 2.22. The largest absolute Gasteiger partial charge is 0.399 e. The van der Waals surface area contributed by atoms with Crippen molar-refractivity contribution in [1.29, 1.82) is 0 Å². The Labute approximate surface area is 283 Å². The van der Waals surface area contributed by atoms with Gasteiger partial charge in [0.1, 0.15) is 0 Å². The Balaban J connectivity index is 0.000000385. The second-order valence-corrected chi connectivity index (χ2v) is 13.6. The van der Waals surface area contributed by atoms with Gasteiger partial charge in [0.05, 0.1) is 0 Å². The summed E-state index contributed by atoms with van der Waals surface area (Å²) in [6, 6.07) is 15.2. The van der Waals surface area contributed by atoms with Crippen LogP contribution in [0.4, 0.5) is 5.69 Å². The van der Waals surface area contributed by atoms with E-state index < -0.39 is 0 Å². The van der Waals surface area contributed by atoms with Crippen molar-refractivity contribution in [1.82, 2.24) is 19.6 Å². The van der Waals surface area contributed by atoms with Gasteiger partial charge in [-0.1, -0.05) is 62.2 Å². The van der Waals surface area contributed by atoms with Crippen LogP contribution in [0.2, 0.25) is 0 Å². The summed E-state index contributed by atoms with van der Waals surface area (Å²) >= 11 is 0. The number of nitrogens with zero attached hydrogens (tertiary/aromatic N) is 4. The second-order valence-electron chi connectivity index (χ2n) is 13.6. The lowest BCUT2D eigenvalue weighted by molar-refractivity contribution is -0.139. The minimum absolute atomic E-state index is 0.0553. The van der Waals surface area contributed by atoms with Gasteiger partial charge in [-0.3, -0.25) is 14.4 Å². The Kier molecular flexibility index (Phi) is 14.6. The molecule has 3 aliphatic rings. The molecule has 0 aromatic heterocycles. The van der Waals surface area contributed by atoms with Crippen molar-refractivity contribution in [2.24, 2.45) is 0 Å². The van der Waals surface area contributed by atoms with Crippen LogP contribution < -0.4 is 5.73 Å². The van der Waals surface area contributed by atoms with Crippen molar-refractivity contribution in [3.63, 3.8) is 0 Å². The first kappa shape index (κ1) is 36.4. The lowest BCUT2D eigenvalue weighted by Gasteiger charge is -2.40. The third-order valence-corrected chi connectivity index (χ3v) is 10.5. The summed E-state index contributed by atoms with van der Waals surface area (Å²) in [5, 5.41) is 0. The molecule has 3 saturated heterocycles. The molecule has 2 aromatic rings. The van der Waals surface area contributed by atoms with Crippen LogP contribution in [0.1, 0.15) is 93.9 Å². The molecule has 258 valence electrons. The van der Waals surface area contributed by atoms with Gasteiger partial charge in [0.15, 0.2) is 0 Å². The molecule has 0 radical (unpaired) electrons. The van der Waals surface area contributed by atoms with Crippen LogP contribution in [0, 0.1) is 6.92 Å². The number of anilines is 1. The number of carbonyl (C=O) groups excluding carboxylic acids is 3. The summed E-state index contributed by atoms with van der Waals surface area (Å²) in [6.07, 6.45) is 12.1. The monoisotopic (exact) mass is 645 g/mol. The first-order chi connectivity index (χ1) is 22.8. The van der Waals surface area contributed by atoms with Gasteiger partial charge in [-0.15, -0.1) is 0 Å². The first-order valence-electron chi connectivity index (χ1n) is 18.2. The number of amides is 3. The molecule has 0 saturated carbocycles. The van der Waals surface area contributed by atoms with E-state index in [9.17, 15) is 14.4 Å². The Morgan fingerprint density at radius 2 is 1.38 bits per heavy atom. The maximum Gasteiger partial charge on any atom is 0.223 e. The highest BCUT2D eigenvalue weighted by molar-refractivity contribution is 5.84. The molecule has 5 rings (SSSR count). The summed E-state index contributed by atoms with van der Waals surface area (Å²) in [5.41, 5.74) is 12.2. The average molecular weight is 646 g/mol. The number of likely N-dealkylation sites (tertiary alicyclic amines) is 3. The summed E-state index contributed by atoms with van der Waals surface area (Å²) in [6.45, 7) is 12.5. The quantitative estimate of drug-likeness (QED) is 0.253. The van der Waals surface area contributed by atoms with Gasteiger partial charge in [0, 0.05) is 63.3 Å². The SMILES string of the molecule is CCc1ccc(C)cc1CC.Nc1ccccc1CCN(C=O)C1CCN(C(=O)CCC(=O)N2CCC(N3CCCCC3)CC2)CC1. The van der Waals surface area contributed by atoms with Crippen molar-refractivity contribution in [3.05, 3.63) is 64.7 Å². The molecule has 47 heavy (non-hydrogen) atoms. The number of para-hydroxylation sites is 1. The molecular formula is C39H59N5O3. The first-order valence-corrected chi connectivity index (χ1v) is 18.2. The topological polar surface area (TPSA) is 90.2 Å². The van der Waals surface area contributed by atoms with Crippen LogP contribution in [0.25, 0.3) is 0 Å². The molecule has 0 atom stereocenters. The number of hydrogen-bond donors (Lipinski definition) is 1. The van der Waals surface area contributed by atoms with Crippen LogP contribution in [0.5, 0.6) is 0 Å². The van der Waals surface area contributed by atoms with E-state index >= 15 is 0 Å². The normalized spacial score (nSPS) is 17.9. The second kappa shape index (κ2) is 18.8. The molecular weight excluding hydrogens is 586 g/mol. The van der Waals surface area contributed by atoms with E-state index in [1.165, 1.54) is 49.0 Å². The molecule has 8 nitrogen and oxygen atoms in total. The fourth-order valence-corrected chi connectivity index (χ4v) is 7.50. The van der Waals surface area contributed by atoms with Crippen LogP contribution in [0.15, 0.2) is 42.5 Å². The zero-order valence-electron chi connectivity index (χ0n) is 29.3. The minimum Gasteiger partial charge on any atom is -0.399 e. The van der Waals surface area contributed by atoms with Crippen molar-refractivity contribution in [3.8, 4) is 0 Å². The number of rotatable bonds is 11. The van der Waals surface area contributed by atoms with Gasteiger partial charge in [-0.05, 0) is 101 Å². The number of nitrogen functional groups attached to an aromatic ring is 1. The maximum atomic E-state index is 12.8. The van der Waals surface area contributed by atoms with E-state index in [2.05, 4.69) is 43.9 Å². The zero-order chi connectivity index (χ0) is 33.6. The summed E-state index contributed by atoms with van der Waals surface area (Å²) in [5.74, 6) is 0.169. The number of benzene rings is 2. The van der Waals surface area contributed by atoms with Crippen LogP contribution >= 0.6 is 0 Å². The highest BCUT2D eigenvalue weighted by atomic mass is 16.2. The van der Waals surface area contributed by atoms with Gasteiger partial charge in [0.2, 0.25) is 18.2 Å². The third-order valence-electron chi connectivity index (χ3n) is 10.5. The van der Waals surface area contributed by atoms with E-state index in [4.69, 9.17) is 5.73 Å². The van der Waals surface area contributed by atoms with Crippen LogP contribution in [-0.4, -0.2) is 95.7 Å². The Morgan fingerprint density at radius 3 is 1.96 bits per heavy atom. The van der Waals surface area contributed by atoms with Crippen molar-refractivity contribution >= 4 is 23.9 Å². The molecule has 3 fully saturated rings. The number of hydrogen-bond acceptors (Lipinski definition) is 5. The number of aryl methyl sites for hydroxylation is 3. The van der Waals surface area contributed by atoms with Gasteiger partial charge in [-0.2, -0.15) is 0 Å². The highest BCUT2D eigenvalue weighted by Gasteiger charge is 2.29. The molecule has 0 spiro atoms. The predicted molar refractivity (Wildman–Crippen MR) is 191 cm³/mol. The standard InChI is InChI=1S/C28H43N5O3.C11H16/c29-26-7-3-2-6-23(26)10-17-33(22-34)25-13-20-32(21-14-25)28(36)9-8-27(35)31-18-11-24(12-19-31)30-15-4-1-5-16-30;1-4-10-7-6-9(3)8-11(10)5-2/h2-3,6-7,22,24-25H,1,4-5,8-21,29H2;6-8H,4-5H2,1-3H3. The Bertz CT molecular complexity index is 1280. The molecule has 0 bridgehead atoms. The van der Waals surface area contributed by atoms with Gasteiger partial charge in [0.25, 0.3) is 0 Å². The van der Waals surface area contributed by atoms with Crippen molar-refractivity contribution in [2.45, 2.75) is 110 Å². The summed E-state index contributed by atoms with van der Waals surface area (Å²) < 4.78 is 0. The Hall–Kier alpha value is -3.39. The lowest BCUT2D eigenvalue weighted by Crippen LogP contribution is -2.48. The lowest BCUT2D eigenvalue weighted by atomic mass is 9.99. The number of carbonyl (C=O) groups is 3. The van der Waals surface area contributed by atoms with Gasteiger partial charge < -0.3 is 25.3 Å². The smallest absolute Gasteiger partial charge is 0.223 e. The third kappa shape index (κ3) is 10.8. The van der Waals surface area contributed by atoms with E-state index in [0.29, 0.717) is 32.1 Å². The minimum atomic E-state index is 0.0553. The molecule has 2 aromatic carbocycles. The summed E-state index contributed by atoms with van der Waals surface area (Å²) in [7, 11) is 0.